The highest BCUT2D eigenvalue weighted by atomic mass is 16.6. The standard InChI is InChI=1S/C49H51NO5/c1-6-35(5)53-44-27-15-38(16-28-44)37-13-25-43(26-14-37)50(41-21-9-34(4)10-22-41)42-23-11-36(12-24-42)33-47(39-17-29-45(30-18-39)54-48(51)7-2)40-19-31-46(32-20-40)55-49(52)8-3/h9-33,35,48-49,51-52H,6-8H2,1-5H3. The normalized spacial score (nSPS) is 12.6. The van der Waals surface area contributed by atoms with E-state index in [2.05, 4.69) is 117 Å². The molecule has 2 N–H and O–H groups in total. The molecule has 0 bridgehead atoms. The fraction of sp³-hybridized carbons (Fsp3) is 0.224. The van der Waals surface area contributed by atoms with Gasteiger partial charge in [0, 0.05) is 29.9 Å². The van der Waals surface area contributed by atoms with Gasteiger partial charge in [-0.15, -0.1) is 0 Å². The van der Waals surface area contributed by atoms with Crippen LogP contribution in [-0.4, -0.2) is 28.9 Å². The van der Waals surface area contributed by atoms with Crippen molar-refractivity contribution in [1.29, 1.82) is 0 Å². The van der Waals surface area contributed by atoms with Gasteiger partial charge in [-0.3, -0.25) is 0 Å². The van der Waals surface area contributed by atoms with E-state index < -0.39 is 12.6 Å². The molecule has 0 aliphatic rings. The fourth-order valence-corrected chi connectivity index (χ4v) is 6.11. The highest BCUT2D eigenvalue weighted by Gasteiger charge is 2.14. The van der Waals surface area contributed by atoms with Gasteiger partial charge in [-0.2, -0.15) is 0 Å². The van der Waals surface area contributed by atoms with E-state index in [1.807, 2.05) is 74.5 Å². The first kappa shape index (κ1) is 38.9. The Kier molecular flexibility index (Phi) is 13.1. The van der Waals surface area contributed by atoms with Crippen molar-refractivity contribution in [2.45, 2.75) is 72.6 Å². The summed E-state index contributed by atoms with van der Waals surface area (Å²) in [4.78, 5) is 2.27. The lowest BCUT2D eigenvalue weighted by Crippen LogP contribution is -2.13. The minimum absolute atomic E-state index is 0.185. The van der Waals surface area contributed by atoms with Crippen LogP contribution in [0.4, 0.5) is 17.1 Å². The van der Waals surface area contributed by atoms with Gasteiger partial charge >= 0.3 is 0 Å². The highest BCUT2D eigenvalue weighted by Crippen LogP contribution is 2.37. The predicted molar refractivity (Wildman–Crippen MR) is 225 cm³/mol. The van der Waals surface area contributed by atoms with Crippen LogP contribution in [-0.2, 0) is 0 Å². The molecule has 0 fully saturated rings. The van der Waals surface area contributed by atoms with Crippen molar-refractivity contribution in [3.05, 3.63) is 168 Å². The molecule has 6 nitrogen and oxygen atoms in total. The Balaban J connectivity index is 1.31. The van der Waals surface area contributed by atoms with Crippen LogP contribution in [0.3, 0.4) is 0 Å². The molecule has 6 aromatic carbocycles. The fourth-order valence-electron chi connectivity index (χ4n) is 6.11. The Morgan fingerprint density at radius 2 is 0.891 bits per heavy atom. The summed E-state index contributed by atoms with van der Waals surface area (Å²) in [5, 5.41) is 20.0. The van der Waals surface area contributed by atoms with Crippen molar-refractivity contribution < 1.29 is 24.4 Å². The van der Waals surface area contributed by atoms with E-state index in [0.29, 0.717) is 24.3 Å². The maximum absolute atomic E-state index is 10.0. The van der Waals surface area contributed by atoms with Crippen LogP contribution >= 0.6 is 0 Å². The van der Waals surface area contributed by atoms with Crippen LogP contribution in [0.15, 0.2) is 146 Å². The number of nitrogens with zero attached hydrogens (tertiary/aromatic N) is 1. The van der Waals surface area contributed by atoms with Gasteiger partial charge in [0.25, 0.3) is 0 Å². The second kappa shape index (κ2) is 18.5. The van der Waals surface area contributed by atoms with Crippen LogP contribution in [0.25, 0.3) is 22.8 Å². The molecule has 0 radical (unpaired) electrons. The average molecular weight is 734 g/mol. The van der Waals surface area contributed by atoms with Crippen molar-refractivity contribution in [3.63, 3.8) is 0 Å². The molecule has 0 saturated heterocycles. The van der Waals surface area contributed by atoms with Crippen molar-refractivity contribution in [3.8, 4) is 28.4 Å². The zero-order chi connectivity index (χ0) is 38.7. The van der Waals surface area contributed by atoms with Gasteiger partial charge in [0.2, 0.25) is 0 Å². The number of hydrogen-bond acceptors (Lipinski definition) is 6. The van der Waals surface area contributed by atoms with Gasteiger partial charge in [0.05, 0.1) is 6.10 Å². The summed E-state index contributed by atoms with van der Waals surface area (Å²) >= 11 is 0. The van der Waals surface area contributed by atoms with Gasteiger partial charge in [-0.05, 0) is 133 Å². The van der Waals surface area contributed by atoms with E-state index in [4.69, 9.17) is 14.2 Å². The molecule has 3 unspecified atom stereocenters. The van der Waals surface area contributed by atoms with Crippen LogP contribution in [0.5, 0.6) is 17.2 Å². The quantitative estimate of drug-likeness (QED) is 0.0762. The summed E-state index contributed by atoms with van der Waals surface area (Å²) in [6, 6.07) is 49.7. The van der Waals surface area contributed by atoms with Crippen LogP contribution < -0.4 is 19.1 Å². The summed E-state index contributed by atoms with van der Waals surface area (Å²) in [6.45, 7) is 10.1. The Bertz CT molecular complexity index is 2050. The molecular formula is C49H51NO5. The monoisotopic (exact) mass is 733 g/mol. The van der Waals surface area contributed by atoms with E-state index in [0.717, 1.165) is 62.6 Å². The highest BCUT2D eigenvalue weighted by molar-refractivity contribution is 5.92. The van der Waals surface area contributed by atoms with Gasteiger partial charge in [-0.25, -0.2) is 0 Å². The Morgan fingerprint density at radius 3 is 1.33 bits per heavy atom. The number of anilines is 3. The first-order valence-electron chi connectivity index (χ1n) is 19.2. The summed E-state index contributed by atoms with van der Waals surface area (Å²) in [5.74, 6) is 2.10. The molecule has 6 aromatic rings. The molecule has 0 amide bonds. The lowest BCUT2D eigenvalue weighted by Gasteiger charge is -2.26. The molecular weight excluding hydrogens is 683 g/mol. The molecule has 0 aromatic heterocycles. The Labute approximate surface area is 325 Å². The maximum atomic E-state index is 10.0. The number of rotatable bonds is 16. The Morgan fingerprint density at radius 1 is 0.509 bits per heavy atom. The number of aliphatic hydroxyl groups excluding tert-OH is 2. The van der Waals surface area contributed by atoms with Crippen molar-refractivity contribution in [2.24, 2.45) is 0 Å². The third kappa shape index (κ3) is 10.2. The van der Waals surface area contributed by atoms with Crippen LogP contribution in [0, 0.1) is 6.92 Å². The van der Waals surface area contributed by atoms with Crippen LogP contribution in [0.2, 0.25) is 0 Å². The largest absolute Gasteiger partial charge is 0.491 e. The van der Waals surface area contributed by atoms with E-state index >= 15 is 0 Å². The zero-order valence-electron chi connectivity index (χ0n) is 32.4. The number of ether oxygens (including phenoxy) is 3. The molecule has 3 atom stereocenters. The minimum atomic E-state index is -0.852. The minimum Gasteiger partial charge on any atom is -0.491 e. The molecule has 0 heterocycles. The number of aryl methyl sites for hydroxylation is 1. The molecule has 0 saturated carbocycles. The maximum Gasteiger partial charge on any atom is 0.197 e. The number of aliphatic hydroxyl groups is 2. The van der Waals surface area contributed by atoms with Gasteiger partial charge in [0.1, 0.15) is 17.2 Å². The second-order valence-corrected chi connectivity index (χ2v) is 13.7. The smallest absolute Gasteiger partial charge is 0.197 e. The summed E-state index contributed by atoms with van der Waals surface area (Å²) in [7, 11) is 0. The van der Waals surface area contributed by atoms with Crippen LogP contribution in [0.1, 0.15) is 69.2 Å². The second-order valence-electron chi connectivity index (χ2n) is 13.7. The van der Waals surface area contributed by atoms with Gasteiger partial charge < -0.3 is 29.3 Å². The SMILES string of the molecule is CCC(C)Oc1ccc(-c2ccc(N(c3ccc(C)cc3)c3ccc(C=C(c4ccc(OC(O)CC)cc4)c4ccc(OC(O)CC)cc4)cc3)cc2)cc1. The molecule has 0 aliphatic heterocycles. The van der Waals surface area contributed by atoms with Gasteiger partial charge in [-0.1, -0.05) is 99.1 Å². The van der Waals surface area contributed by atoms with E-state index in [1.54, 1.807) is 0 Å². The summed E-state index contributed by atoms with van der Waals surface area (Å²) in [5.41, 5.74) is 10.7. The number of hydrogen-bond donors (Lipinski definition) is 2. The van der Waals surface area contributed by atoms with E-state index in [9.17, 15) is 10.2 Å². The van der Waals surface area contributed by atoms with Crippen molar-refractivity contribution in [2.75, 3.05) is 4.90 Å². The first-order valence-corrected chi connectivity index (χ1v) is 19.2. The topological polar surface area (TPSA) is 71.4 Å². The molecule has 6 rings (SSSR count). The summed E-state index contributed by atoms with van der Waals surface area (Å²) < 4.78 is 17.3. The van der Waals surface area contributed by atoms with E-state index in [1.165, 1.54) is 5.56 Å². The molecule has 0 aliphatic carbocycles. The first-order chi connectivity index (χ1) is 26.7. The molecule has 6 heteroatoms. The van der Waals surface area contributed by atoms with E-state index in [-0.39, 0.29) is 6.10 Å². The summed E-state index contributed by atoms with van der Waals surface area (Å²) in [6.07, 6.45) is 2.62. The van der Waals surface area contributed by atoms with Crippen molar-refractivity contribution >= 4 is 28.7 Å². The molecule has 0 spiro atoms. The average Bonchev–Trinajstić information content (AvgIpc) is 3.22. The third-order valence-electron chi connectivity index (χ3n) is 9.55. The third-order valence-corrected chi connectivity index (χ3v) is 9.55. The van der Waals surface area contributed by atoms with Crippen molar-refractivity contribution in [1.82, 2.24) is 0 Å². The molecule has 55 heavy (non-hydrogen) atoms. The predicted octanol–water partition coefficient (Wildman–Crippen LogP) is 12.1. The Hall–Kier alpha value is -5.82. The zero-order valence-corrected chi connectivity index (χ0v) is 32.4. The van der Waals surface area contributed by atoms with Gasteiger partial charge in [0.15, 0.2) is 12.6 Å². The lowest BCUT2D eigenvalue weighted by atomic mass is 9.95. The lowest BCUT2D eigenvalue weighted by molar-refractivity contribution is -0.0196. The molecule has 282 valence electrons. The number of benzene rings is 6.